The number of carbonyl (C=O) groups is 2. The number of esters is 1. The Morgan fingerprint density at radius 3 is 2.62 bits per heavy atom. The van der Waals surface area contributed by atoms with Crippen LogP contribution < -0.4 is 10.1 Å². The number of hydrogen-bond donors (Lipinski definition) is 1. The number of nitrogens with zero attached hydrogens (tertiary/aromatic N) is 2. The first kappa shape index (κ1) is 18.2. The number of carbonyl (C=O) groups excluding carboxylic acids is 2. The van der Waals surface area contributed by atoms with Crippen LogP contribution in [-0.4, -0.2) is 62.8 Å². The van der Waals surface area contributed by atoms with Gasteiger partial charge in [-0.25, -0.2) is 4.99 Å². The first-order valence-electron chi connectivity index (χ1n) is 8.66. The highest BCUT2D eigenvalue weighted by Gasteiger charge is 2.42. The van der Waals surface area contributed by atoms with Crippen LogP contribution in [0.3, 0.4) is 0 Å². The Bertz CT molecular complexity index is 683. The molecule has 0 unspecified atom stereocenters. The lowest BCUT2D eigenvalue weighted by molar-refractivity contribution is -0.153. The zero-order valence-electron chi connectivity index (χ0n) is 14.9. The summed E-state index contributed by atoms with van der Waals surface area (Å²) >= 11 is 0. The molecule has 8 nitrogen and oxygen atoms in total. The molecule has 2 aliphatic rings. The van der Waals surface area contributed by atoms with Crippen molar-refractivity contribution >= 4 is 17.8 Å². The van der Waals surface area contributed by atoms with E-state index in [9.17, 15) is 9.59 Å². The van der Waals surface area contributed by atoms with Gasteiger partial charge in [-0.15, -0.1) is 0 Å². The van der Waals surface area contributed by atoms with Crippen LogP contribution in [0.1, 0.15) is 18.5 Å². The minimum atomic E-state index is -1.02. The number of hydrogen-bond acceptors (Lipinski definition) is 7. The largest absolute Gasteiger partial charge is 0.497 e. The molecule has 0 aliphatic carbocycles. The second-order valence-corrected chi connectivity index (χ2v) is 5.99. The molecule has 140 valence electrons. The Balaban J connectivity index is 1.95. The molecule has 26 heavy (non-hydrogen) atoms. The quantitative estimate of drug-likeness (QED) is 0.628. The Morgan fingerprint density at radius 2 is 2.00 bits per heavy atom. The normalized spacial score (nSPS) is 23.1. The van der Waals surface area contributed by atoms with E-state index in [4.69, 9.17) is 14.2 Å². The van der Waals surface area contributed by atoms with Crippen LogP contribution in [0.15, 0.2) is 29.3 Å². The number of morpholine rings is 1. The van der Waals surface area contributed by atoms with Gasteiger partial charge in [0, 0.05) is 13.1 Å². The number of rotatable bonds is 4. The van der Waals surface area contributed by atoms with Gasteiger partial charge in [0.05, 0.1) is 26.9 Å². The molecule has 0 saturated carbocycles. The van der Waals surface area contributed by atoms with E-state index in [1.807, 2.05) is 17.0 Å². The second-order valence-electron chi connectivity index (χ2n) is 5.99. The van der Waals surface area contributed by atoms with E-state index in [0.29, 0.717) is 38.0 Å². The molecule has 2 atom stereocenters. The minimum absolute atomic E-state index is 0.206. The molecule has 0 radical (unpaired) electrons. The van der Waals surface area contributed by atoms with Crippen LogP contribution in [0, 0.1) is 5.92 Å². The van der Waals surface area contributed by atoms with Gasteiger partial charge in [-0.1, -0.05) is 12.1 Å². The van der Waals surface area contributed by atoms with Gasteiger partial charge in [-0.3, -0.25) is 14.9 Å². The summed E-state index contributed by atoms with van der Waals surface area (Å²) < 4.78 is 15.6. The Labute approximate surface area is 152 Å². The van der Waals surface area contributed by atoms with Gasteiger partial charge in [0.2, 0.25) is 11.9 Å². The lowest BCUT2D eigenvalue weighted by Crippen LogP contribution is -2.55. The summed E-state index contributed by atoms with van der Waals surface area (Å²) in [6.45, 7) is 4.34. The number of benzene rings is 1. The summed E-state index contributed by atoms with van der Waals surface area (Å²) in [5, 5.41) is 2.75. The van der Waals surface area contributed by atoms with Gasteiger partial charge < -0.3 is 19.1 Å². The third-order valence-electron chi connectivity index (χ3n) is 4.40. The molecular weight excluding hydrogens is 338 g/mol. The maximum Gasteiger partial charge on any atom is 0.321 e. The molecule has 1 amide bonds. The van der Waals surface area contributed by atoms with Gasteiger partial charge in [0.15, 0.2) is 5.92 Å². The molecule has 8 heteroatoms. The highest BCUT2D eigenvalue weighted by molar-refractivity contribution is 6.08. The third-order valence-corrected chi connectivity index (χ3v) is 4.40. The number of aliphatic imine (C=N–C) groups is 1. The Morgan fingerprint density at radius 1 is 1.31 bits per heavy atom. The van der Waals surface area contributed by atoms with E-state index in [0.717, 1.165) is 5.56 Å². The molecule has 1 aromatic carbocycles. The van der Waals surface area contributed by atoms with E-state index in [-0.39, 0.29) is 6.61 Å². The lowest BCUT2D eigenvalue weighted by Gasteiger charge is -2.35. The summed E-state index contributed by atoms with van der Waals surface area (Å²) in [6.07, 6.45) is 0. The maximum atomic E-state index is 12.7. The van der Waals surface area contributed by atoms with Crippen molar-refractivity contribution in [2.24, 2.45) is 10.9 Å². The summed E-state index contributed by atoms with van der Waals surface area (Å²) in [4.78, 5) is 31.7. The van der Waals surface area contributed by atoms with Gasteiger partial charge >= 0.3 is 5.97 Å². The van der Waals surface area contributed by atoms with E-state index in [2.05, 4.69) is 10.3 Å². The van der Waals surface area contributed by atoms with E-state index in [1.54, 1.807) is 26.2 Å². The summed E-state index contributed by atoms with van der Waals surface area (Å²) in [5.74, 6) is -0.830. The van der Waals surface area contributed by atoms with Crippen molar-refractivity contribution in [1.29, 1.82) is 0 Å². The van der Waals surface area contributed by atoms with Gasteiger partial charge in [-0.2, -0.15) is 0 Å². The highest BCUT2D eigenvalue weighted by Crippen LogP contribution is 2.32. The number of methoxy groups -OCH3 is 1. The van der Waals surface area contributed by atoms with E-state index in [1.165, 1.54) is 0 Å². The fraction of sp³-hybridized carbons (Fsp3) is 0.500. The molecule has 1 saturated heterocycles. The third kappa shape index (κ3) is 3.80. The number of amides is 1. The van der Waals surface area contributed by atoms with Crippen LogP contribution in [0.4, 0.5) is 0 Å². The molecule has 2 heterocycles. The molecule has 0 aromatic heterocycles. The molecule has 1 aromatic rings. The molecule has 1 N–H and O–H groups in total. The van der Waals surface area contributed by atoms with Crippen LogP contribution in [-0.2, 0) is 19.1 Å². The Hall–Kier alpha value is -2.61. The van der Waals surface area contributed by atoms with Crippen molar-refractivity contribution < 1.29 is 23.8 Å². The topological polar surface area (TPSA) is 89.5 Å². The van der Waals surface area contributed by atoms with Crippen LogP contribution in [0.2, 0.25) is 0 Å². The first-order chi connectivity index (χ1) is 12.6. The standard InChI is InChI=1S/C18H23N3O5/c1-3-26-17(23)14-15(12-4-6-13(24-2)7-5-12)19-18(20-16(14)22)21-8-10-25-11-9-21/h4-7,14-15H,3,8-11H2,1-2H3,(H,19,20,22)/t14-,15-/m1/s1. The molecule has 0 bridgehead atoms. The average Bonchev–Trinajstić information content (AvgIpc) is 2.68. The first-order valence-corrected chi connectivity index (χ1v) is 8.66. The number of ether oxygens (including phenoxy) is 3. The van der Waals surface area contributed by atoms with Crippen molar-refractivity contribution in [3.8, 4) is 5.75 Å². The van der Waals surface area contributed by atoms with Crippen LogP contribution in [0.25, 0.3) is 0 Å². The monoisotopic (exact) mass is 361 g/mol. The van der Waals surface area contributed by atoms with Crippen LogP contribution >= 0.6 is 0 Å². The van der Waals surface area contributed by atoms with Crippen molar-refractivity contribution in [3.05, 3.63) is 29.8 Å². The van der Waals surface area contributed by atoms with E-state index < -0.39 is 23.8 Å². The zero-order valence-corrected chi connectivity index (χ0v) is 14.9. The van der Waals surface area contributed by atoms with Gasteiger partial charge in [0.25, 0.3) is 0 Å². The molecule has 2 aliphatic heterocycles. The molecule has 3 rings (SSSR count). The Kier molecular flexibility index (Phi) is 5.72. The number of nitrogens with one attached hydrogen (secondary N) is 1. The molecular formula is C18H23N3O5. The summed E-state index contributed by atoms with van der Waals surface area (Å²) in [7, 11) is 1.58. The predicted octanol–water partition coefficient (Wildman–Crippen LogP) is 0.734. The van der Waals surface area contributed by atoms with Gasteiger partial charge in [0.1, 0.15) is 11.8 Å². The van der Waals surface area contributed by atoms with Crippen molar-refractivity contribution in [1.82, 2.24) is 10.2 Å². The predicted molar refractivity (Wildman–Crippen MR) is 93.8 cm³/mol. The summed E-state index contributed by atoms with van der Waals surface area (Å²) in [6, 6.07) is 6.55. The second kappa shape index (κ2) is 8.18. The molecule has 0 spiro atoms. The average molecular weight is 361 g/mol. The maximum absolute atomic E-state index is 12.7. The van der Waals surface area contributed by atoms with Crippen LogP contribution in [0.5, 0.6) is 5.75 Å². The van der Waals surface area contributed by atoms with Crippen molar-refractivity contribution in [2.45, 2.75) is 13.0 Å². The fourth-order valence-corrected chi connectivity index (χ4v) is 3.04. The van der Waals surface area contributed by atoms with Gasteiger partial charge in [-0.05, 0) is 24.6 Å². The fourth-order valence-electron chi connectivity index (χ4n) is 3.04. The highest BCUT2D eigenvalue weighted by atomic mass is 16.5. The summed E-state index contributed by atoms with van der Waals surface area (Å²) in [5.41, 5.74) is 0.754. The zero-order chi connectivity index (χ0) is 18.5. The molecule has 1 fully saturated rings. The smallest absolute Gasteiger partial charge is 0.321 e. The van der Waals surface area contributed by atoms with Crippen molar-refractivity contribution in [3.63, 3.8) is 0 Å². The van der Waals surface area contributed by atoms with E-state index >= 15 is 0 Å². The lowest BCUT2D eigenvalue weighted by atomic mass is 9.91. The SMILES string of the molecule is CCOC(=O)[C@H]1C(=O)NC(N2CCOCC2)=N[C@@H]1c1ccc(OC)cc1. The van der Waals surface area contributed by atoms with Crippen molar-refractivity contribution in [2.75, 3.05) is 40.0 Å². The minimum Gasteiger partial charge on any atom is -0.497 e. The number of guanidine groups is 1.